The molecule has 0 bridgehead atoms. The van der Waals surface area contributed by atoms with Gasteiger partial charge in [-0.15, -0.1) is 24.0 Å². The number of anilines is 1. The van der Waals surface area contributed by atoms with E-state index in [0.29, 0.717) is 6.04 Å². The van der Waals surface area contributed by atoms with Crippen LogP contribution in [-0.2, 0) is 0 Å². The summed E-state index contributed by atoms with van der Waals surface area (Å²) >= 11 is 3.50. The van der Waals surface area contributed by atoms with E-state index in [9.17, 15) is 0 Å². The van der Waals surface area contributed by atoms with Crippen LogP contribution in [0, 0.1) is 0 Å². The van der Waals surface area contributed by atoms with Gasteiger partial charge in [-0.05, 0) is 76.0 Å². The molecule has 2 aliphatic heterocycles. The third-order valence-electron chi connectivity index (χ3n) is 5.34. The van der Waals surface area contributed by atoms with Gasteiger partial charge in [-0.1, -0.05) is 15.9 Å². The molecule has 3 rings (SSSR count). The topological polar surface area (TPSA) is 42.9 Å². The van der Waals surface area contributed by atoms with E-state index in [0.717, 1.165) is 36.5 Å². The predicted octanol–water partition coefficient (Wildman–Crippen LogP) is 3.69. The van der Waals surface area contributed by atoms with Crippen molar-refractivity contribution in [3.8, 4) is 0 Å². The molecule has 0 radical (unpaired) electrons. The van der Waals surface area contributed by atoms with Gasteiger partial charge in [-0.25, -0.2) is 0 Å². The van der Waals surface area contributed by atoms with Crippen LogP contribution in [0.5, 0.6) is 0 Å². The van der Waals surface area contributed by atoms with Crippen LogP contribution >= 0.6 is 39.9 Å². The largest absolute Gasteiger partial charge is 0.369 e. The Hall–Kier alpha value is -0.540. The fourth-order valence-electron chi connectivity index (χ4n) is 3.83. The Bertz CT molecular complexity index is 574. The van der Waals surface area contributed by atoms with E-state index < -0.39 is 0 Å². The second-order valence-corrected chi connectivity index (χ2v) is 8.22. The molecular formula is C20H33BrIN5. The summed E-state index contributed by atoms with van der Waals surface area (Å²) in [5, 5.41) is 7.07. The van der Waals surface area contributed by atoms with Crippen molar-refractivity contribution >= 4 is 51.6 Å². The maximum absolute atomic E-state index is 4.40. The first kappa shape index (κ1) is 22.7. The van der Waals surface area contributed by atoms with Gasteiger partial charge < -0.3 is 20.4 Å². The number of hydrogen-bond donors (Lipinski definition) is 2. The lowest BCUT2D eigenvalue weighted by Gasteiger charge is -2.20. The van der Waals surface area contributed by atoms with Gasteiger partial charge in [0.2, 0.25) is 0 Å². The maximum atomic E-state index is 4.40. The molecule has 0 spiro atoms. The van der Waals surface area contributed by atoms with Crippen LogP contribution in [-0.4, -0.2) is 63.2 Å². The first-order chi connectivity index (χ1) is 12.7. The average Bonchev–Trinajstić information content (AvgIpc) is 3.33. The molecule has 0 aromatic heterocycles. The van der Waals surface area contributed by atoms with E-state index in [1.54, 1.807) is 0 Å². The Labute approximate surface area is 189 Å². The minimum absolute atomic E-state index is 0. The molecule has 5 nitrogen and oxygen atoms in total. The quantitative estimate of drug-likeness (QED) is 0.236. The summed E-state index contributed by atoms with van der Waals surface area (Å²) in [5.74, 6) is 0.939. The van der Waals surface area contributed by atoms with Crippen molar-refractivity contribution in [1.29, 1.82) is 0 Å². The zero-order chi connectivity index (χ0) is 18.2. The molecular weight excluding hydrogens is 517 g/mol. The molecule has 27 heavy (non-hydrogen) atoms. The lowest BCUT2D eigenvalue weighted by Crippen LogP contribution is -2.44. The van der Waals surface area contributed by atoms with Crippen LogP contribution < -0.4 is 15.5 Å². The van der Waals surface area contributed by atoms with Crippen LogP contribution in [0.15, 0.2) is 33.7 Å². The number of aliphatic imine (C=N–C) groups is 1. The summed E-state index contributed by atoms with van der Waals surface area (Å²) in [4.78, 5) is 9.42. The van der Waals surface area contributed by atoms with E-state index in [1.807, 2.05) is 7.05 Å². The number of benzene rings is 1. The Kier molecular flexibility index (Phi) is 10.2. The van der Waals surface area contributed by atoms with Crippen LogP contribution in [0.25, 0.3) is 0 Å². The molecule has 0 aliphatic carbocycles. The summed E-state index contributed by atoms with van der Waals surface area (Å²) in [7, 11) is 1.86. The molecule has 7 heteroatoms. The van der Waals surface area contributed by atoms with Crippen LogP contribution in [0.3, 0.4) is 0 Å². The first-order valence-corrected chi connectivity index (χ1v) is 10.7. The molecule has 0 amide bonds. The highest BCUT2D eigenvalue weighted by Crippen LogP contribution is 2.22. The standard InChI is InChI=1S/C20H32BrN5.HI/c1-22-20(23-11-2-3-12-25-13-4-5-14-25)24-18-10-15-26(16-18)19-8-6-17(21)7-9-19;/h6-9,18H,2-5,10-16H2,1H3,(H2,22,23,24);1H. The van der Waals surface area contributed by atoms with E-state index in [-0.39, 0.29) is 24.0 Å². The first-order valence-electron chi connectivity index (χ1n) is 9.94. The SMILES string of the molecule is CN=C(NCCCCN1CCCC1)NC1CCN(c2ccc(Br)cc2)C1.I. The highest BCUT2D eigenvalue weighted by molar-refractivity contribution is 14.0. The average molecular weight is 550 g/mol. The van der Waals surface area contributed by atoms with Crippen LogP contribution in [0.4, 0.5) is 5.69 Å². The Balaban J connectivity index is 0.00000261. The monoisotopic (exact) mass is 549 g/mol. The molecule has 1 atom stereocenters. The van der Waals surface area contributed by atoms with Crippen LogP contribution in [0.2, 0.25) is 0 Å². The van der Waals surface area contributed by atoms with Crippen molar-refractivity contribution < 1.29 is 0 Å². The summed E-state index contributed by atoms with van der Waals surface area (Å²) in [6, 6.07) is 9.03. The minimum atomic E-state index is 0. The fraction of sp³-hybridized carbons (Fsp3) is 0.650. The number of unbranched alkanes of at least 4 members (excludes halogenated alkanes) is 1. The summed E-state index contributed by atoms with van der Waals surface area (Å²) in [6.07, 6.45) is 6.38. The second kappa shape index (κ2) is 12.1. The lowest BCUT2D eigenvalue weighted by atomic mass is 10.2. The van der Waals surface area contributed by atoms with Crippen molar-refractivity contribution in [1.82, 2.24) is 15.5 Å². The summed E-state index contributed by atoms with van der Waals surface area (Å²) < 4.78 is 1.13. The van der Waals surface area contributed by atoms with Crippen molar-refractivity contribution in [2.75, 3.05) is 51.2 Å². The Morgan fingerprint density at radius 1 is 1.15 bits per heavy atom. The zero-order valence-electron chi connectivity index (χ0n) is 16.3. The van der Waals surface area contributed by atoms with Crippen molar-refractivity contribution in [2.24, 2.45) is 4.99 Å². The third kappa shape index (κ3) is 7.42. The molecule has 1 aromatic rings. The molecule has 1 aromatic carbocycles. The molecule has 2 N–H and O–H groups in total. The number of rotatable bonds is 7. The summed E-state index contributed by atoms with van der Waals surface area (Å²) in [6.45, 7) is 6.96. The predicted molar refractivity (Wildman–Crippen MR) is 130 cm³/mol. The molecule has 2 aliphatic rings. The van der Waals surface area contributed by atoms with E-state index in [4.69, 9.17) is 0 Å². The van der Waals surface area contributed by atoms with Gasteiger partial charge in [-0.2, -0.15) is 0 Å². The van der Waals surface area contributed by atoms with E-state index >= 15 is 0 Å². The molecule has 2 fully saturated rings. The Morgan fingerprint density at radius 3 is 2.59 bits per heavy atom. The number of hydrogen-bond acceptors (Lipinski definition) is 3. The number of likely N-dealkylation sites (tertiary alicyclic amines) is 1. The summed E-state index contributed by atoms with van der Waals surface area (Å²) in [5.41, 5.74) is 1.29. The van der Waals surface area contributed by atoms with Gasteiger partial charge in [0, 0.05) is 42.9 Å². The highest BCUT2D eigenvalue weighted by Gasteiger charge is 2.23. The van der Waals surface area contributed by atoms with Crippen molar-refractivity contribution in [3.05, 3.63) is 28.7 Å². The molecule has 1 unspecified atom stereocenters. The number of nitrogens with one attached hydrogen (secondary N) is 2. The second-order valence-electron chi connectivity index (χ2n) is 7.31. The highest BCUT2D eigenvalue weighted by atomic mass is 127. The molecule has 0 saturated carbocycles. The van der Waals surface area contributed by atoms with Crippen molar-refractivity contribution in [3.63, 3.8) is 0 Å². The van der Waals surface area contributed by atoms with E-state index in [2.05, 4.69) is 65.6 Å². The number of halogens is 2. The lowest BCUT2D eigenvalue weighted by molar-refractivity contribution is 0.330. The molecule has 2 heterocycles. The van der Waals surface area contributed by atoms with Gasteiger partial charge in [-0.3, -0.25) is 4.99 Å². The Morgan fingerprint density at radius 2 is 1.89 bits per heavy atom. The van der Waals surface area contributed by atoms with Gasteiger partial charge >= 0.3 is 0 Å². The number of nitrogens with zero attached hydrogens (tertiary/aromatic N) is 3. The molecule has 152 valence electrons. The maximum Gasteiger partial charge on any atom is 0.191 e. The van der Waals surface area contributed by atoms with Gasteiger partial charge in [0.1, 0.15) is 0 Å². The van der Waals surface area contributed by atoms with E-state index in [1.165, 1.54) is 51.0 Å². The number of guanidine groups is 1. The van der Waals surface area contributed by atoms with Gasteiger partial charge in [0.05, 0.1) is 0 Å². The molecule has 2 saturated heterocycles. The minimum Gasteiger partial charge on any atom is -0.369 e. The fourth-order valence-corrected chi connectivity index (χ4v) is 4.09. The van der Waals surface area contributed by atoms with Gasteiger partial charge in [0.25, 0.3) is 0 Å². The smallest absolute Gasteiger partial charge is 0.191 e. The van der Waals surface area contributed by atoms with Crippen molar-refractivity contribution in [2.45, 2.75) is 38.1 Å². The third-order valence-corrected chi connectivity index (χ3v) is 5.87. The zero-order valence-corrected chi connectivity index (χ0v) is 20.2. The van der Waals surface area contributed by atoms with Gasteiger partial charge in [0.15, 0.2) is 5.96 Å². The van der Waals surface area contributed by atoms with Crippen LogP contribution in [0.1, 0.15) is 32.1 Å². The normalized spacial score (nSPS) is 20.6.